The minimum Gasteiger partial charge on any atom is -0.495 e. The largest absolute Gasteiger partial charge is 0.495 e. The smallest absolute Gasteiger partial charge is 0.258 e. The molecule has 0 aliphatic heterocycles. The van der Waals surface area contributed by atoms with Gasteiger partial charge < -0.3 is 14.4 Å². The second-order valence-corrected chi connectivity index (χ2v) is 6.34. The first kappa shape index (κ1) is 18.5. The molecule has 27 heavy (non-hydrogen) atoms. The van der Waals surface area contributed by atoms with E-state index in [2.05, 4.69) is 19.1 Å². The molecule has 3 rings (SSSR count). The lowest BCUT2D eigenvalue weighted by atomic mass is 10.1. The van der Waals surface area contributed by atoms with Gasteiger partial charge in [-0.25, -0.2) is 0 Å². The lowest BCUT2D eigenvalue weighted by molar-refractivity contribution is 0.0992. The standard InChI is InChI=1S/C23H23NO3/c1-17-8-6-9-18(14-17)16-27-20-11-7-10-19(15-20)23(25)24(2)21-12-4-5-13-22(21)26-3/h4-15H,16H2,1-3H3. The van der Waals surface area contributed by atoms with Gasteiger partial charge in [0.15, 0.2) is 0 Å². The fourth-order valence-electron chi connectivity index (χ4n) is 2.90. The monoisotopic (exact) mass is 361 g/mol. The van der Waals surface area contributed by atoms with Gasteiger partial charge in [-0.3, -0.25) is 4.79 Å². The molecular weight excluding hydrogens is 338 g/mol. The summed E-state index contributed by atoms with van der Waals surface area (Å²) in [6.45, 7) is 2.51. The van der Waals surface area contributed by atoms with E-state index >= 15 is 0 Å². The summed E-state index contributed by atoms with van der Waals surface area (Å²) >= 11 is 0. The SMILES string of the molecule is COc1ccccc1N(C)C(=O)c1cccc(OCc2cccc(C)c2)c1. The number of nitrogens with zero attached hydrogens (tertiary/aromatic N) is 1. The van der Waals surface area contributed by atoms with Crippen molar-refractivity contribution in [2.75, 3.05) is 19.1 Å². The maximum atomic E-state index is 12.9. The highest BCUT2D eigenvalue weighted by atomic mass is 16.5. The summed E-state index contributed by atoms with van der Waals surface area (Å²) in [6.07, 6.45) is 0. The van der Waals surface area contributed by atoms with Crippen molar-refractivity contribution in [3.63, 3.8) is 0 Å². The van der Waals surface area contributed by atoms with Crippen LogP contribution in [0.3, 0.4) is 0 Å². The molecule has 0 spiro atoms. The predicted molar refractivity (Wildman–Crippen MR) is 108 cm³/mol. The second-order valence-electron chi connectivity index (χ2n) is 6.34. The molecule has 0 bridgehead atoms. The Bertz CT molecular complexity index is 936. The van der Waals surface area contributed by atoms with E-state index in [9.17, 15) is 4.79 Å². The summed E-state index contributed by atoms with van der Waals surface area (Å²) in [7, 11) is 3.33. The summed E-state index contributed by atoms with van der Waals surface area (Å²) in [6, 6.07) is 22.9. The van der Waals surface area contributed by atoms with E-state index in [1.807, 2.05) is 48.5 Å². The van der Waals surface area contributed by atoms with Crippen LogP contribution in [0.2, 0.25) is 0 Å². The van der Waals surface area contributed by atoms with Crippen LogP contribution < -0.4 is 14.4 Å². The first-order valence-corrected chi connectivity index (χ1v) is 8.78. The zero-order chi connectivity index (χ0) is 19.2. The van der Waals surface area contributed by atoms with Crippen molar-refractivity contribution in [3.05, 3.63) is 89.5 Å². The highest BCUT2D eigenvalue weighted by molar-refractivity contribution is 6.06. The van der Waals surface area contributed by atoms with Crippen LogP contribution in [0, 0.1) is 6.92 Å². The first-order chi connectivity index (χ1) is 13.1. The summed E-state index contributed by atoms with van der Waals surface area (Å²) in [5.74, 6) is 1.19. The summed E-state index contributed by atoms with van der Waals surface area (Å²) in [5.41, 5.74) is 3.57. The maximum absolute atomic E-state index is 12.9. The van der Waals surface area contributed by atoms with Crippen molar-refractivity contribution >= 4 is 11.6 Å². The van der Waals surface area contributed by atoms with E-state index in [0.717, 1.165) is 11.3 Å². The van der Waals surface area contributed by atoms with Crippen LogP contribution in [0.25, 0.3) is 0 Å². The van der Waals surface area contributed by atoms with Crippen molar-refractivity contribution in [3.8, 4) is 11.5 Å². The number of hydrogen-bond donors (Lipinski definition) is 0. The normalized spacial score (nSPS) is 10.3. The van der Waals surface area contributed by atoms with Gasteiger partial charge in [-0.05, 0) is 42.8 Å². The van der Waals surface area contributed by atoms with Gasteiger partial charge in [0.1, 0.15) is 18.1 Å². The van der Waals surface area contributed by atoms with Gasteiger partial charge in [-0.2, -0.15) is 0 Å². The molecule has 0 aliphatic carbocycles. The van der Waals surface area contributed by atoms with Crippen LogP contribution in [0.5, 0.6) is 11.5 Å². The minimum absolute atomic E-state index is 0.125. The molecule has 3 aromatic rings. The Hall–Kier alpha value is -3.27. The molecule has 0 saturated carbocycles. The lowest BCUT2D eigenvalue weighted by Crippen LogP contribution is -2.26. The molecule has 138 valence electrons. The third-order valence-electron chi connectivity index (χ3n) is 4.32. The molecule has 4 nitrogen and oxygen atoms in total. The zero-order valence-electron chi connectivity index (χ0n) is 15.8. The lowest BCUT2D eigenvalue weighted by Gasteiger charge is -2.20. The van der Waals surface area contributed by atoms with E-state index in [0.29, 0.717) is 23.7 Å². The van der Waals surface area contributed by atoms with Crippen LogP contribution in [-0.4, -0.2) is 20.1 Å². The number of amides is 1. The number of aryl methyl sites for hydroxylation is 1. The van der Waals surface area contributed by atoms with E-state index in [1.165, 1.54) is 5.56 Å². The number of ether oxygens (including phenoxy) is 2. The number of rotatable bonds is 6. The molecule has 0 aromatic heterocycles. The van der Waals surface area contributed by atoms with Gasteiger partial charge in [0.25, 0.3) is 5.91 Å². The molecule has 1 amide bonds. The summed E-state index contributed by atoms with van der Waals surface area (Å²) < 4.78 is 11.2. The zero-order valence-corrected chi connectivity index (χ0v) is 15.8. The molecule has 0 fully saturated rings. The van der Waals surface area contributed by atoms with Crippen LogP contribution in [0.15, 0.2) is 72.8 Å². The number of hydrogen-bond acceptors (Lipinski definition) is 3. The predicted octanol–water partition coefficient (Wildman–Crippen LogP) is 4.86. The highest BCUT2D eigenvalue weighted by Gasteiger charge is 2.17. The number of methoxy groups -OCH3 is 1. The van der Waals surface area contributed by atoms with Crippen LogP contribution in [0.4, 0.5) is 5.69 Å². The van der Waals surface area contributed by atoms with Gasteiger partial charge in [0.2, 0.25) is 0 Å². The molecule has 0 heterocycles. The molecule has 0 saturated heterocycles. The average molecular weight is 361 g/mol. The fraction of sp³-hybridized carbons (Fsp3) is 0.174. The van der Waals surface area contributed by atoms with E-state index in [1.54, 1.807) is 31.2 Å². The average Bonchev–Trinajstić information content (AvgIpc) is 2.71. The number of carbonyl (C=O) groups excluding carboxylic acids is 1. The topological polar surface area (TPSA) is 38.8 Å². The molecule has 3 aromatic carbocycles. The Morgan fingerprint density at radius 1 is 0.963 bits per heavy atom. The highest BCUT2D eigenvalue weighted by Crippen LogP contribution is 2.28. The Morgan fingerprint density at radius 3 is 2.52 bits per heavy atom. The van der Waals surface area contributed by atoms with Crippen molar-refractivity contribution < 1.29 is 14.3 Å². The van der Waals surface area contributed by atoms with Crippen molar-refractivity contribution in [1.82, 2.24) is 0 Å². The quantitative estimate of drug-likeness (QED) is 0.629. The Kier molecular flexibility index (Phi) is 5.77. The maximum Gasteiger partial charge on any atom is 0.258 e. The number of para-hydroxylation sites is 2. The molecule has 0 aliphatic rings. The molecule has 0 atom stereocenters. The minimum atomic E-state index is -0.125. The van der Waals surface area contributed by atoms with Gasteiger partial charge in [-0.15, -0.1) is 0 Å². The van der Waals surface area contributed by atoms with E-state index < -0.39 is 0 Å². The Balaban J connectivity index is 1.75. The number of carbonyl (C=O) groups is 1. The van der Waals surface area contributed by atoms with Crippen LogP contribution in [0.1, 0.15) is 21.5 Å². The van der Waals surface area contributed by atoms with Gasteiger partial charge in [0.05, 0.1) is 12.8 Å². The molecule has 4 heteroatoms. The number of anilines is 1. The van der Waals surface area contributed by atoms with Crippen molar-refractivity contribution in [2.24, 2.45) is 0 Å². The van der Waals surface area contributed by atoms with Gasteiger partial charge in [-0.1, -0.05) is 48.0 Å². The third-order valence-corrected chi connectivity index (χ3v) is 4.32. The van der Waals surface area contributed by atoms with E-state index in [-0.39, 0.29) is 5.91 Å². The van der Waals surface area contributed by atoms with Crippen LogP contribution >= 0.6 is 0 Å². The van der Waals surface area contributed by atoms with Crippen molar-refractivity contribution in [2.45, 2.75) is 13.5 Å². The first-order valence-electron chi connectivity index (χ1n) is 8.78. The van der Waals surface area contributed by atoms with E-state index in [4.69, 9.17) is 9.47 Å². The molecule has 0 radical (unpaired) electrons. The van der Waals surface area contributed by atoms with Crippen LogP contribution in [-0.2, 0) is 6.61 Å². The fourth-order valence-corrected chi connectivity index (χ4v) is 2.90. The Labute approximate surface area is 160 Å². The molecule has 0 N–H and O–H groups in total. The van der Waals surface area contributed by atoms with Crippen molar-refractivity contribution in [1.29, 1.82) is 0 Å². The summed E-state index contributed by atoms with van der Waals surface area (Å²) in [5, 5.41) is 0. The van der Waals surface area contributed by atoms with Gasteiger partial charge >= 0.3 is 0 Å². The van der Waals surface area contributed by atoms with Gasteiger partial charge in [0, 0.05) is 12.6 Å². The second kappa shape index (κ2) is 8.41. The number of benzene rings is 3. The molecular formula is C23H23NO3. The molecule has 0 unspecified atom stereocenters. The summed E-state index contributed by atoms with van der Waals surface area (Å²) in [4.78, 5) is 14.5. The third kappa shape index (κ3) is 4.47. The Morgan fingerprint density at radius 2 is 1.74 bits per heavy atom.